The third-order valence-electron chi connectivity index (χ3n) is 4.88. The molecule has 0 saturated carbocycles. The van der Waals surface area contributed by atoms with Crippen LogP contribution in [0.15, 0.2) is 29.2 Å². The molecule has 1 aromatic carbocycles. The number of hydrogen-bond acceptors (Lipinski definition) is 4. The third kappa shape index (κ3) is 3.88. The number of carbonyl (C=O) groups is 2. The van der Waals surface area contributed by atoms with Crippen molar-refractivity contribution in [2.75, 3.05) is 20.1 Å². The van der Waals surface area contributed by atoms with E-state index >= 15 is 0 Å². The van der Waals surface area contributed by atoms with Crippen LogP contribution in [-0.4, -0.2) is 60.3 Å². The molecule has 1 unspecified atom stereocenters. The van der Waals surface area contributed by atoms with Gasteiger partial charge in [0.05, 0.1) is 10.8 Å². The lowest BCUT2D eigenvalue weighted by Crippen LogP contribution is -2.55. The van der Waals surface area contributed by atoms with Crippen LogP contribution in [0.5, 0.6) is 0 Å². The predicted octanol–water partition coefficient (Wildman–Crippen LogP) is 1.55. The molecule has 1 aromatic rings. The van der Waals surface area contributed by atoms with Gasteiger partial charge in [0.25, 0.3) is 0 Å². The number of halogens is 1. The lowest BCUT2D eigenvalue weighted by Gasteiger charge is -2.37. The molecule has 1 amide bonds. The number of carbonyl (C=O) groups excluding carboxylic acids is 1. The van der Waals surface area contributed by atoms with E-state index < -0.39 is 39.2 Å². The third-order valence-corrected chi connectivity index (χ3v) is 6.76. The monoisotopic (exact) mass is 386 g/mol. The van der Waals surface area contributed by atoms with Crippen molar-refractivity contribution in [1.29, 1.82) is 0 Å². The van der Waals surface area contributed by atoms with E-state index in [9.17, 15) is 27.5 Å². The van der Waals surface area contributed by atoms with Crippen molar-refractivity contribution in [2.45, 2.75) is 37.1 Å². The van der Waals surface area contributed by atoms with E-state index in [-0.39, 0.29) is 18.0 Å². The van der Waals surface area contributed by atoms with Crippen molar-refractivity contribution >= 4 is 21.9 Å². The molecule has 0 spiro atoms. The number of amides is 1. The molecule has 1 N–H and O–H groups in total. The van der Waals surface area contributed by atoms with Crippen LogP contribution in [-0.2, 0) is 19.6 Å². The van der Waals surface area contributed by atoms with Gasteiger partial charge in [-0.3, -0.25) is 4.79 Å². The second-order valence-corrected chi connectivity index (χ2v) is 8.86. The van der Waals surface area contributed by atoms with Gasteiger partial charge in [-0.2, -0.15) is 4.31 Å². The maximum atomic E-state index is 13.0. The number of hydrogen-bond donors (Lipinski definition) is 1. The average Bonchev–Trinajstić information content (AvgIpc) is 2.60. The summed E-state index contributed by atoms with van der Waals surface area (Å²) in [5, 5.41) is 9.28. The zero-order valence-corrected chi connectivity index (χ0v) is 15.8. The summed E-state index contributed by atoms with van der Waals surface area (Å²) < 4.78 is 39.7. The van der Waals surface area contributed by atoms with Crippen LogP contribution >= 0.6 is 0 Å². The van der Waals surface area contributed by atoms with E-state index in [0.29, 0.717) is 12.8 Å². The van der Waals surface area contributed by atoms with E-state index in [1.165, 1.54) is 37.3 Å². The van der Waals surface area contributed by atoms with E-state index in [4.69, 9.17) is 0 Å². The van der Waals surface area contributed by atoms with E-state index in [2.05, 4.69) is 0 Å². The quantitative estimate of drug-likeness (QED) is 0.828. The number of nitrogens with zero attached hydrogens (tertiary/aromatic N) is 2. The van der Waals surface area contributed by atoms with Gasteiger partial charge in [0.1, 0.15) is 11.4 Å². The highest BCUT2D eigenvalue weighted by Crippen LogP contribution is 2.26. The molecular formula is C17H23FN2O5S. The summed E-state index contributed by atoms with van der Waals surface area (Å²) in [5.74, 6) is -2.70. The van der Waals surface area contributed by atoms with E-state index in [0.717, 1.165) is 17.0 Å². The van der Waals surface area contributed by atoms with Crippen LogP contribution in [0.4, 0.5) is 4.39 Å². The van der Waals surface area contributed by atoms with Crippen molar-refractivity contribution in [3.8, 4) is 0 Å². The van der Waals surface area contributed by atoms with Crippen LogP contribution in [0.3, 0.4) is 0 Å². The fourth-order valence-corrected chi connectivity index (χ4v) is 4.33. The molecule has 26 heavy (non-hydrogen) atoms. The van der Waals surface area contributed by atoms with Crippen molar-refractivity contribution in [3.63, 3.8) is 0 Å². The normalized spacial score (nSPS) is 19.2. The number of carboxylic acid groups (broad SMARTS) is 1. The van der Waals surface area contributed by atoms with Gasteiger partial charge >= 0.3 is 5.97 Å². The minimum atomic E-state index is -3.84. The molecule has 0 aromatic heterocycles. The van der Waals surface area contributed by atoms with E-state index in [1.54, 1.807) is 0 Å². The number of piperidine rings is 1. The van der Waals surface area contributed by atoms with Gasteiger partial charge in [0, 0.05) is 20.1 Å². The number of likely N-dealkylation sites (N-methyl/N-ethyl adjacent to an activating group) is 1. The smallest absolute Gasteiger partial charge is 0.329 e. The van der Waals surface area contributed by atoms with Crippen LogP contribution < -0.4 is 0 Å². The number of rotatable bonds is 5. The molecule has 1 aliphatic rings. The van der Waals surface area contributed by atoms with Crippen molar-refractivity contribution < 1.29 is 27.5 Å². The summed E-state index contributed by atoms with van der Waals surface area (Å²) in [6.07, 6.45) is 0.965. The second-order valence-electron chi connectivity index (χ2n) is 6.92. The Bertz CT molecular complexity index is 792. The maximum absolute atomic E-state index is 13.0. The first-order chi connectivity index (χ1) is 12.0. The zero-order chi connectivity index (χ0) is 19.7. The standard InChI is InChI=1S/C17H23FN2O5S/c1-17(2,16(22)23)19(3)15(21)12-5-4-10-20(11-12)26(24,25)14-8-6-13(18)7-9-14/h6-9,12H,4-5,10-11H2,1-3H3,(H,22,23). The fourth-order valence-electron chi connectivity index (χ4n) is 2.81. The molecule has 0 aliphatic carbocycles. The van der Waals surface area contributed by atoms with Crippen LogP contribution in [0.25, 0.3) is 0 Å². The topological polar surface area (TPSA) is 95.0 Å². The summed E-state index contributed by atoms with van der Waals surface area (Å²) in [6, 6.07) is 4.52. The van der Waals surface area contributed by atoms with Crippen molar-refractivity contribution in [3.05, 3.63) is 30.1 Å². The number of benzene rings is 1. The van der Waals surface area contributed by atoms with Gasteiger partial charge in [0.15, 0.2) is 0 Å². The zero-order valence-electron chi connectivity index (χ0n) is 15.0. The predicted molar refractivity (Wildman–Crippen MR) is 92.4 cm³/mol. The Labute approximate surface area is 152 Å². The first-order valence-electron chi connectivity index (χ1n) is 8.24. The second kappa shape index (κ2) is 7.32. The molecule has 0 radical (unpaired) electrons. The molecule has 144 valence electrons. The Kier molecular flexibility index (Phi) is 5.72. The fraction of sp³-hybridized carbons (Fsp3) is 0.529. The molecule has 1 heterocycles. The van der Waals surface area contributed by atoms with Crippen LogP contribution in [0.1, 0.15) is 26.7 Å². The maximum Gasteiger partial charge on any atom is 0.329 e. The lowest BCUT2D eigenvalue weighted by atomic mass is 9.95. The lowest BCUT2D eigenvalue weighted by molar-refractivity contribution is -0.157. The largest absolute Gasteiger partial charge is 0.480 e. The van der Waals surface area contributed by atoms with Gasteiger partial charge in [0.2, 0.25) is 15.9 Å². The minimum absolute atomic E-state index is 0.0292. The Balaban J connectivity index is 2.19. The van der Waals surface area contributed by atoms with Crippen molar-refractivity contribution in [2.24, 2.45) is 5.92 Å². The highest BCUT2D eigenvalue weighted by molar-refractivity contribution is 7.89. The van der Waals surface area contributed by atoms with E-state index in [1.807, 2.05) is 0 Å². The molecule has 1 atom stereocenters. The summed E-state index contributed by atoms with van der Waals surface area (Å²) in [7, 11) is -2.44. The molecule has 0 bridgehead atoms. The summed E-state index contributed by atoms with van der Waals surface area (Å²) in [4.78, 5) is 25.2. The molecule has 1 saturated heterocycles. The first-order valence-corrected chi connectivity index (χ1v) is 9.68. The molecule has 9 heteroatoms. The number of aliphatic carboxylic acids is 1. The summed E-state index contributed by atoms with van der Waals surface area (Å²) in [5.41, 5.74) is -1.39. The van der Waals surface area contributed by atoms with Gasteiger partial charge in [-0.05, 0) is 51.0 Å². The van der Waals surface area contributed by atoms with Gasteiger partial charge in [-0.25, -0.2) is 17.6 Å². The Morgan fingerprint density at radius 2 is 1.85 bits per heavy atom. The Morgan fingerprint density at radius 3 is 2.38 bits per heavy atom. The SMILES string of the molecule is CN(C(=O)C1CCCN(S(=O)(=O)c2ccc(F)cc2)C1)C(C)(C)C(=O)O. The van der Waals surface area contributed by atoms with Crippen LogP contribution in [0.2, 0.25) is 0 Å². The Morgan fingerprint density at radius 1 is 1.27 bits per heavy atom. The molecular weight excluding hydrogens is 363 g/mol. The highest BCUT2D eigenvalue weighted by Gasteiger charge is 2.40. The first kappa shape index (κ1) is 20.3. The molecule has 1 fully saturated rings. The molecule has 7 nitrogen and oxygen atoms in total. The number of sulfonamides is 1. The minimum Gasteiger partial charge on any atom is -0.480 e. The summed E-state index contributed by atoms with van der Waals surface area (Å²) in [6.45, 7) is 3.07. The van der Waals surface area contributed by atoms with Crippen LogP contribution in [0, 0.1) is 11.7 Å². The Hall–Kier alpha value is -2.00. The average molecular weight is 386 g/mol. The molecule has 2 rings (SSSR count). The highest BCUT2D eigenvalue weighted by atomic mass is 32.2. The van der Waals surface area contributed by atoms with Gasteiger partial charge in [-0.15, -0.1) is 0 Å². The summed E-state index contributed by atoms with van der Waals surface area (Å²) >= 11 is 0. The van der Waals surface area contributed by atoms with Gasteiger partial charge in [-0.1, -0.05) is 0 Å². The molecule has 1 aliphatic heterocycles. The van der Waals surface area contributed by atoms with Crippen molar-refractivity contribution in [1.82, 2.24) is 9.21 Å². The van der Waals surface area contributed by atoms with Gasteiger partial charge < -0.3 is 10.0 Å². The number of carboxylic acids is 1.